The summed E-state index contributed by atoms with van der Waals surface area (Å²) < 4.78 is 0. The van der Waals surface area contributed by atoms with Crippen LogP contribution in [0.25, 0.3) is 0 Å². The molecule has 0 aliphatic carbocycles. The van der Waals surface area contributed by atoms with Crippen molar-refractivity contribution in [3.8, 4) is 0 Å². The molecule has 9 amide bonds. The number of hydrogen-bond acceptors (Lipinski definition) is 15. The molecule has 6 unspecified atom stereocenters. The number of piperidine rings is 3. The number of rotatable bonds is 28. The summed E-state index contributed by atoms with van der Waals surface area (Å²) in [6.45, 7) is 7.08. The summed E-state index contributed by atoms with van der Waals surface area (Å²) in [6, 6.07) is 0.829. The zero-order valence-corrected chi connectivity index (χ0v) is 46.3. The number of carbonyl (C=O) groups is 7. The normalized spacial score (nSPS) is 24.7. The van der Waals surface area contributed by atoms with E-state index in [0.717, 1.165) is 140 Å². The van der Waals surface area contributed by atoms with Gasteiger partial charge in [0.15, 0.2) is 0 Å². The second-order valence-electron chi connectivity index (χ2n) is 21.9. The third-order valence-corrected chi connectivity index (χ3v) is 19.1. The van der Waals surface area contributed by atoms with E-state index in [1.54, 1.807) is 6.92 Å². The van der Waals surface area contributed by atoms with Crippen LogP contribution < -0.4 is 62.6 Å². The van der Waals surface area contributed by atoms with Crippen molar-refractivity contribution in [2.24, 2.45) is 0 Å². The first kappa shape index (κ1) is 57.2. The predicted molar refractivity (Wildman–Crippen MR) is 297 cm³/mol. The van der Waals surface area contributed by atoms with Gasteiger partial charge in [-0.3, -0.25) is 24.0 Å². The van der Waals surface area contributed by atoms with E-state index >= 15 is 0 Å². The minimum absolute atomic E-state index is 0.0210. The highest BCUT2D eigenvalue weighted by Gasteiger charge is 2.44. The van der Waals surface area contributed by atoms with Crippen LogP contribution >= 0.6 is 23.5 Å². The Morgan fingerprint density at radius 3 is 1.33 bits per heavy atom. The molecule has 7 aliphatic rings. The van der Waals surface area contributed by atoms with Gasteiger partial charge in [-0.2, -0.15) is 38.5 Å². The number of fused-ring (bicyclic) bond motifs is 2. The van der Waals surface area contributed by atoms with Crippen LogP contribution in [-0.4, -0.2) is 173 Å². The molecule has 0 spiro atoms. The fraction of sp³-hybridized carbons (Fsp3) is 0.808. The van der Waals surface area contributed by atoms with E-state index in [9.17, 15) is 33.6 Å². The van der Waals surface area contributed by atoms with Gasteiger partial charge in [-0.1, -0.05) is 32.1 Å². The maximum Gasteiger partial charge on any atom is 0.315 e. The van der Waals surface area contributed by atoms with Crippen molar-refractivity contribution < 1.29 is 33.6 Å². The van der Waals surface area contributed by atoms with Gasteiger partial charge in [0, 0.05) is 125 Å². The van der Waals surface area contributed by atoms with Gasteiger partial charge in [0.1, 0.15) is 0 Å². The van der Waals surface area contributed by atoms with Crippen molar-refractivity contribution in [3.63, 3.8) is 0 Å². The lowest BCUT2D eigenvalue weighted by Crippen LogP contribution is -2.47. The maximum absolute atomic E-state index is 13.0. The quantitative estimate of drug-likeness (QED) is 0.0431. The Morgan fingerprint density at radius 2 is 0.855 bits per heavy atom. The summed E-state index contributed by atoms with van der Waals surface area (Å²) in [5.41, 5.74) is 0. The van der Waals surface area contributed by atoms with E-state index < -0.39 is 0 Å². The number of hydrogen-bond donors (Lipinski definition) is 9. The Labute approximate surface area is 457 Å². The van der Waals surface area contributed by atoms with Crippen LogP contribution in [0.3, 0.4) is 0 Å². The summed E-state index contributed by atoms with van der Waals surface area (Å²) in [4.78, 5) is 107. The number of urea groups is 2. The summed E-state index contributed by atoms with van der Waals surface area (Å²) in [7, 11) is 0. The summed E-state index contributed by atoms with van der Waals surface area (Å²) in [6.07, 6.45) is 17.5. The Kier molecular flexibility index (Phi) is 21.9. The topological polar surface area (TPSA) is 276 Å². The zero-order valence-electron chi connectivity index (χ0n) is 44.7. The Hall–Kier alpha value is -5.00. The lowest BCUT2D eigenvalue weighted by Gasteiger charge is -2.36. The van der Waals surface area contributed by atoms with E-state index in [1.165, 1.54) is 0 Å². The molecular weight excluding hydrogens is 1010 g/mol. The van der Waals surface area contributed by atoms with Gasteiger partial charge in [-0.25, -0.2) is 9.59 Å². The Morgan fingerprint density at radius 1 is 0.474 bits per heavy atom. The number of unbranched alkanes of at least 4 members (excludes halogenated alkanes) is 7. The zero-order chi connectivity index (χ0) is 53.2. The fourth-order valence-corrected chi connectivity index (χ4v) is 14.7. The van der Waals surface area contributed by atoms with Crippen molar-refractivity contribution in [2.45, 2.75) is 201 Å². The average Bonchev–Trinajstić information content (AvgIpc) is 4.18. The molecule has 1 aromatic rings. The molecule has 0 bridgehead atoms. The highest BCUT2D eigenvalue weighted by molar-refractivity contribution is 8.00. The van der Waals surface area contributed by atoms with Crippen molar-refractivity contribution in [1.82, 2.24) is 62.8 Å². The SMILES string of the molecule is CC(=O)NC1CCN(c2nc(N3CCC(NC(=O)CCCCCCCNC(=O)CCC4SCC5NC(=O)NC54)CC3)nc(N3CCC(NC(=O)CCCCCNC(=O)CCCCC4SCC5NC(=O)NC54)CC3)n2)CC1. The predicted octanol–water partition coefficient (Wildman–Crippen LogP) is 2.95. The highest BCUT2D eigenvalue weighted by Crippen LogP contribution is 2.34. The molecule has 8 rings (SSSR count). The molecule has 22 nitrogen and oxygen atoms in total. The number of anilines is 3. The summed E-state index contributed by atoms with van der Waals surface area (Å²) in [5.74, 6) is 4.01. The van der Waals surface area contributed by atoms with E-state index in [1.807, 2.05) is 23.5 Å². The van der Waals surface area contributed by atoms with E-state index in [2.05, 4.69) is 62.6 Å². The van der Waals surface area contributed by atoms with Crippen molar-refractivity contribution >= 4 is 83.0 Å². The standard InChI is InChI=1S/C52H85N15O7S2/c1-34(68)55-35-18-26-65(27-19-35)48-62-49(66-28-20-36(21-29-66)56-44(71)14-6-3-2-4-10-24-54-43(70)17-16-41-47-39(33-76-41)59-52(74)61-47)64-50(63-48)67-30-22-37(23-31-67)57-45(72)15-7-5-11-25-53-42(69)13-9-8-12-40-46-38(32-75-40)58-51(73)60-46/h35-41,46-47H,2-33H2,1H3,(H,53,69)(H,54,70)(H,55,68)(H,56,71)(H,57,72)(H2,58,60,73)(H2,59,61,74). The van der Waals surface area contributed by atoms with Gasteiger partial charge in [-0.15, -0.1) is 0 Å². The molecule has 76 heavy (non-hydrogen) atoms. The largest absolute Gasteiger partial charge is 0.356 e. The van der Waals surface area contributed by atoms with Crippen LogP contribution in [0, 0.1) is 0 Å². The van der Waals surface area contributed by atoms with E-state index in [4.69, 9.17) is 15.0 Å². The molecule has 9 N–H and O–H groups in total. The molecule has 7 fully saturated rings. The van der Waals surface area contributed by atoms with Crippen molar-refractivity contribution in [3.05, 3.63) is 0 Å². The smallest absolute Gasteiger partial charge is 0.315 e. The number of carbonyl (C=O) groups excluding carboxylic acids is 7. The molecule has 1 aromatic heterocycles. The first-order chi connectivity index (χ1) is 36.9. The fourth-order valence-electron chi connectivity index (χ4n) is 11.7. The van der Waals surface area contributed by atoms with Crippen LogP contribution in [0.4, 0.5) is 27.4 Å². The maximum atomic E-state index is 13.0. The van der Waals surface area contributed by atoms with Gasteiger partial charge in [0.2, 0.25) is 47.4 Å². The van der Waals surface area contributed by atoms with Gasteiger partial charge in [-0.05, 0) is 83.5 Å². The average molecular weight is 1100 g/mol. The van der Waals surface area contributed by atoms with Crippen LogP contribution in [0.5, 0.6) is 0 Å². The number of nitrogens with zero attached hydrogens (tertiary/aromatic N) is 6. The minimum atomic E-state index is -0.105. The monoisotopic (exact) mass is 1100 g/mol. The number of amides is 9. The molecular formula is C52H85N15O7S2. The molecule has 7 saturated heterocycles. The minimum Gasteiger partial charge on any atom is -0.356 e. The molecule has 422 valence electrons. The first-order valence-electron chi connectivity index (χ1n) is 28.7. The third kappa shape index (κ3) is 17.5. The Bertz CT molecular complexity index is 2120. The molecule has 0 aromatic carbocycles. The van der Waals surface area contributed by atoms with Gasteiger partial charge in [0.05, 0.1) is 24.2 Å². The third-order valence-electron chi connectivity index (χ3n) is 16.1. The number of nitrogens with one attached hydrogen (secondary N) is 9. The van der Waals surface area contributed by atoms with Gasteiger partial charge in [0.25, 0.3) is 0 Å². The highest BCUT2D eigenvalue weighted by atomic mass is 32.2. The lowest BCUT2D eigenvalue weighted by molar-refractivity contribution is -0.122. The Balaban J connectivity index is 0.688. The molecule has 0 radical (unpaired) electrons. The molecule has 8 heterocycles. The lowest BCUT2D eigenvalue weighted by atomic mass is 10.0. The molecule has 24 heteroatoms. The van der Waals surface area contributed by atoms with Crippen molar-refractivity contribution in [1.29, 1.82) is 0 Å². The molecule has 7 aliphatic heterocycles. The van der Waals surface area contributed by atoms with Gasteiger partial charge >= 0.3 is 12.1 Å². The summed E-state index contributed by atoms with van der Waals surface area (Å²) in [5, 5.41) is 28.3. The first-order valence-corrected chi connectivity index (χ1v) is 30.8. The second kappa shape index (κ2) is 29.1. The number of aromatic nitrogens is 3. The number of thioether (sulfide) groups is 2. The van der Waals surface area contributed by atoms with Crippen molar-refractivity contribution in [2.75, 3.05) is 78.6 Å². The van der Waals surface area contributed by atoms with Crippen LogP contribution in [0.1, 0.15) is 148 Å². The van der Waals surface area contributed by atoms with Crippen LogP contribution in [0.15, 0.2) is 0 Å². The molecule has 0 saturated carbocycles. The van der Waals surface area contributed by atoms with Crippen LogP contribution in [0.2, 0.25) is 0 Å². The van der Waals surface area contributed by atoms with Crippen LogP contribution in [-0.2, 0) is 24.0 Å². The second-order valence-corrected chi connectivity index (χ2v) is 24.5. The van der Waals surface area contributed by atoms with Gasteiger partial charge < -0.3 is 62.6 Å². The molecule has 6 atom stereocenters. The van der Waals surface area contributed by atoms with E-state index in [-0.39, 0.29) is 89.1 Å². The van der Waals surface area contributed by atoms with E-state index in [0.29, 0.717) is 88.0 Å². The summed E-state index contributed by atoms with van der Waals surface area (Å²) >= 11 is 3.73.